The van der Waals surface area contributed by atoms with Crippen molar-refractivity contribution in [1.29, 1.82) is 0 Å². The average Bonchev–Trinajstić information content (AvgIpc) is 3.15. The molecule has 4 rings (SSSR count). The summed E-state index contributed by atoms with van der Waals surface area (Å²) in [6, 6.07) is 8.05. The maximum Gasteiger partial charge on any atom is 0.147 e. The zero-order chi connectivity index (χ0) is 17.9. The van der Waals surface area contributed by atoms with E-state index >= 15 is 0 Å². The molecular formula is C20H26N6. The second-order valence-corrected chi connectivity index (χ2v) is 7.28. The van der Waals surface area contributed by atoms with Crippen LogP contribution >= 0.6 is 0 Å². The van der Waals surface area contributed by atoms with Gasteiger partial charge in [0.25, 0.3) is 0 Å². The Balaban J connectivity index is 1.53. The van der Waals surface area contributed by atoms with E-state index in [0.29, 0.717) is 5.92 Å². The van der Waals surface area contributed by atoms with Crippen molar-refractivity contribution < 1.29 is 0 Å². The van der Waals surface area contributed by atoms with Crippen molar-refractivity contribution >= 4 is 16.9 Å². The summed E-state index contributed by atoms with van der Waals surface area (Å²) in [7, 11) is 4.22. The predicted molar refractivity (Wildman–Crippen MR) is 105 cm³/mol. The highest BCUT2D eigenvalue weighted by molar-refractivity contribution is 5.75. The van der Waals surface area contributed by atoms with Crippen molar-refractivity contribution in [3.8, 4) is 0 Å². The largest absolute Gasteiger partial charge is 0.355 e. The van der Waals surface area contributed by atoms with Crippen molar-refractivity contribution in [1.82, 2.24) is 24.4 Å². The molecule has 6 nitrogen and oxygen atoms in total. The van der Waals surface area contributed by atoms with Crippen molar-refractivity contribution in [2.24, 2.45) is 0 Å². The van der Waals surface area contributed by atoms with Gasteiger partial charge in [0.2, 0.25) is 0 Å². The molecule has 2 aromatic heterocycles. The number of hydrogen-bond donors (Lipinski definition) is 0. The van der Waals surface area contributed by atoms with Crippen LogP contribution in [-0.2, 0) is 6.54 Å². The first-order valence-electron chi connectivity index (χ1n) is 9.33. The Morgan fingerprint density at radius 3 is 2.85 bits per heavy atom. The Hall–Kier alpha value is -2.47. The molecule has 0 N–H and O–H groups in total. The summed E-state index contributed by atoms with van der Waals surface area (Å²) in [5, 5.41) is 0. The number of fused-ring (bicyclic) bond motifs is 1. The van der Waals surface area contributed by atoms with Crippen molar-refractivity contribution in [2.45, 2.75) is 25.3 Å². The molecule has 3 aromatic rings. The summed E-state index contributed by atoms with van der Waals surface area (Å²) in [4.78, 5) is 18.7. The molecule has 1 aromatic carbocycles. The number of anilines is 1. The quantitative estimate of drug-likeness (QED) is 0.708. The van der Waals surface area contributed by atoms with E-state index in [1.165, 1.54) is 12.2 Å². The third kappa shape index (κ3) is 3.55. The Morgan fingerprint density at radius 2 is 2.00 bits per heavy atom. The minimum atomic E-state index is 0.439. The first-order valence-corrected chi connectivity index (χ1v) is 9.33. The van der Waals surface area contributed by atoms with Crippen LogP contribution in [0, 0.1) is 0 Å². The minimum absolute atomic E-state index is 0.439. The summed E-state index contributed by atoms with van der Waals surface area (Å²) < 4.78 is 2.31. The van der Waals surface area contributed by atoms with E-state index in [-0.39, 0.29) is 0 Å². The number of aromatic nitrogens is 4. The second-order valence-electron chi connectivity index (χ2n) is 7.28. The third-order valence-corrected chi connectivity index (χ3v) is 5.08. The lowest BCUT2D eigenvalue weighted by molar-refractivity contribution is 0.373. The van der Waals surface area contributed by atoms with Gasteiger partial charge in [0.1, 0.15) is 11.6 Å². The van der Waals surface area contributed by atoms with Crippen LogP contribution in [0.1, 0.15) is 24.6 Å². The van der Waals surface area contributed by atoms with E-state index in [0.717, 1.165) is 49.5 Å². The van der Waals surface area contributed by atoms with Crippen LogP contribution < -0.4 is 4.90 Å². The fraction of sp³-hybridized carbons (Fsp3) is 0.450. The van der Waals surface area contributed by atoms with Crippen LogP contribution in [-0.4, -0.2) is 58.1 Å². The molecule has 136 valence electrons. The van der Waals surface area contributed by atoms with Gasteiger partial charge in [0, 0.05) is 44.5 Å². The van der Waals surface area contributed by atoms with E-state index in [9.17, 15) is 0 Å². The Kier molecular flexibility index (Phi) is 4.84. The fourth-order valence-corrected chi connectivity index (χ4v) is 3.67. The minimum Gasteiger partial charge on any atom is -0.355 e. The van der Waals surface area contributed by atoms with E-state index in [4.69, 9.17) is 4.98 Å². The number of imidazole rings is 1. The molecule has 1 fully saturated rings. The van der Waals surface area contributed by atoms with Crippen LogP contribution in [0.5, 0.6) is 0 Å². The number of para-hydroxylation sites is 2. The highest BCUT2D eigenvalue weighted by Gasteiger charge is 2.25. The second kappa shape index (κ2) is 7.41. The number of hydrogen-bond acceptors (Lipinski definition) is 5. The molecule has 3 heterocycles. The van der Waals surface area contributed by atoms with Gasteiger partial charge in [-0.1, -0.05) is 12.1 Å². The number of piperidine rings is 1. The summed E-state index contributed by atoms with van der Waals surface area (Å²) in [5.41, 5.74) is 1.91. The molecule has 1 aliphatic rings. The maximum absolute atomic E-state index is 4.83. The van der Waals surface area contributed by atoms with E-state index in [2.05, 4.69) is 44.6 Å². The van der Waals surface area contributed by atoms with Gasteiger partial charge in [0.05, 0.1) is 17.2 Å². The first-order chi connectivity index (χ1) is 12.7. The topological polar surface area (TPSA) is 50.1 Å². The number of likely N-dealkylation sites (N-methyl/N-ethyl adjacent to an activating group) is 1. The molecule has 0 spiro atoms. The molecule has 0 aliphatic carbocycles. The van der Waals surface area contributed by atoms with Gasteiger partial charge in [-0.25, -0.2) is 9.97 Å². The lowest BCUT2D eigenvalue weighted by Gasteiger charge is -2.33. The molecule has 0 bridgehead atoms. The summed E-state index contributed by atoms with van der Waals surface area (Å²) in [5.74, 6) is 2.61. The number of nitrogens with zero attached hydrogens (tertiary/aromatic N) is 6. The molecule has 0 saturated carbocycles. The molecule has 1 aliphatic heterocycles. The third-order valence-electron chi connectivity index (χ3n) is 5.08. The van der Waals surface area contributed by atoms with Crippen LogP contribution in [0.4, 0.5) is 5.82 Å². The summed E-state index contributed by atoms with van der Waals surface area (Å²) in [6.45, 7) is 3.98. The highest BCUT2D eigenvalue weighted by Crippen LogP contribution is 2.28. The molecule has 1 saturated heterocycles. The van der Waals surface area contributed by atoms with E-state index in [1.807, 2.05) is 36.7 Å². The van der Waals surface area contributed by atoms with Crippen LogP contribution in [0.2, 0.25) is 0 Å². The van der Waals surface area contributed by atoms with Gasteiger partial charge >= 0.3 is 0 Å². The monoisotopic (exact) mass is 350 g/mol. The number of rotatable bonds is 5. The lowest BCUT2D eigenvalue weighted by atomic mass is 9.97. The van der Waals surface area contributed by atoms with Gasteiger partial charge in [-0.3, -0.25) is 4.98 Å². The van der Waals surface area contributed by atoms with E-state index in [1.54, 1.807) is 0 Å². The lowest BCUT2D eigenvalue weighted by Crippen LogP contribution is -2.36. The van der Waals surface area contributed by atoms with Crippen molar-refractivity contribution in [2.75, 3.05) is 38.6 Å². The standard InChI is InChI=1S/C20H26N6/c1-24(2)12-13-25-11-9-21-20(25)16-6-5-10-26(15-16)19-14-22-17-7-3-4-8-18(17)23-19/h3-4,7-9,11,14,16H,5-6,10,12-13,15H2,1-2H3/t16-/m0/s1. The maximum atomic E-state index is 4.83. The molecular weight excluding hydrogens is 324 g/mol. The van der Waals surface area contributed by atoms with Gasteiger partial charge in [-0.15, -0.1) is 0 Å². The SMILES string of the molecule is CN(C)CCn1ccnc1[C@H]1CCCN(c2cnc3ccccc3n2)C1. The Bertz CT molecular complexity index is 871. The Labute approximate surface area is 154 Å². The predicted octanol–water partition coefficient (Wildman–Crippen LogP) is 2.77. The average molecular weight is 350 g/mol. The molecule has 0 radical (unpaired) electrons. The highest BCUT2D eigenvalue weighted by atomic mass is 15.2. The Morgan fingerprint density at radius 1 is 1.15 bits per heavy atom. The van der Waals surface area contributed by atoms with Crippen molar-refractivity contribution in [3.63, 3.8) is 0 Å². The van der Waals surface area contributed by atoms with Crippen LogP contribution in [0.3, 0.4) is 0 Å². The fourth-order valence-electron chi connectivity index (χ4n) is 3.67. The zero-order valence-corrected chi connectivity index (χ0v) is 15.5. The molecule has 1 atom stereocenters. The van der Waals surface area contributed by atoms with Crippen molar-refractivity contribution in [3.05, 3.63) is 48.7 Å². The summed E-state index contributed by atoms with van der Waals surface area (Å²) >= 11 is 0. The van der Waals surface area contributed by atoms with Crippen LogP contribution in [0.25, 0.3) is 11.0 Å². The zero-order valence-electron chi connectivity index (χ0n) is 15.5. The summed E-state index contributed by atoms with van der Waals surface area (Å²) in [6.07, 6.45) is 8.27. The van der Waals surface area contributed by atoms with Gasteiger partial charge in [-0.05, 0) is 39.1 Å². The molecule has 0 amide bonds. The first kappa shape index (κ1) is 17.0. The normalized spacial score (nSPS) is 18.0. The molecule has 6 heteroatoms. The van der Waals surface area contributed by atoms with E-state index < -0.39 is 0 Å². The number of benzene rings is 1. The van der Waals surface area contributed by atoms with Crippen LogP contribution in [0.15, 0.2) is 42.9 Å². The molecule has 26 heavy (non-hydrogen) atoms. The van der Waals surface area contributed by atoms with Gasteiger partial charge in [0.15, 0.2) is 0 Å². The molecule has 0 unspecified atom stereocenters. The van der Waals surface area contributed by atoms with Gasteiger partial charge < -0.3 is 14.4 Å². The smallest absolute Gasteiger partial charge is 0.147 e. The van der Waals surface area contributed by atoms with Gasteiger partial charge in [-0.2, -0.15) is 0 Å².